The van der Waals surface area contributed by atoms with Gasteiger partial charge in [-0.1, -0.05) is 19.3 Å². The molecule has 0 radical (unpaired) electrons. The second-order valence-corrected chi connectivity index (χ2v) is 6.30. The molecule has 2 aliphatic carbocycles. The third kappa shape index (κ3) is 2.09. The minimum atomic E-state index is -0.468. The van der Waals surface area contributed by atoms with Gasteiger partial charge in [-0.05, 0) is 30.7 Å². The molecule has 1 unspecified atom stereocenters. The Morgan fingerprint density at radius 2 is 2.10 bits per heavy atom. The second-order valence-electron chi connectivity index (χ2n) is 6.30. The van der Waals surface area contributed by atoms with Gasteiger partial charge in [-0.25, -0.2) is 4.39 Å². The second kappa shape index (κ2) is 4.51. The van der Waals surface area contributed by atoms with Gasteiger partial charge in [0.25, 0.3) is 5.91 Å². The summed E-state index contributed by atoms with van der Waals surface area (Å²) in [5.41, 5.74) is 1.37. The van der Waals surface area contributed by atoms with E-state index >= 15 is 0 Å². The number of hydrogen-bond donors (Lipinski definition) is 2. The summed E-state index contributed by atoms with van der Waals surface area (Å²) in [5.74, 6) is -0.717. The zero-order valence-electron chi connectivity index (χ0n) is 11.7. The molecule has 1 amide bonds. The lowest BCUT2D eigenvalue weighted by Gasteiger charge is -2.22. The Hall–Kier alpha value is -1.98. The molecule has 110 valence electrons. The number of carbonyl (C=O) groups is 1. The highest BCUT2D eigenvalue weighted by Crippen LogP contribution is 2.56. The van der Waals surface area contributed by atoms with Crippen LogP contribution in [-0.4, -0.2) is 27.4 Å². The van der Waals surface area contributed by atoms with E-state index in [1.807, 2.05) is 0 Å². The van der Waals surface area contributed by atoms with Crippen LogP contribution in [0, 0.1) is 11.2 Å². The molecule has 1 atom stereocenters. The molecule has 0 saturated heterocycles. The standard InChI is InChI=1S/C15H17FN4O/c16-9-6-10(13-11(7-9)18-20-19-13)14(21)17-12-8-15(12)4-2-1-3-5-15/h6-7,12H,1-5,8H2,(H,17,21)(H,18,19,20). The number of H-pyrrole nitrogens is 1. The van der Waals surface area contributed by atoms with Crippen molar-refractivity contribution in [3.63, 3.8) is 0 Å². The molecule has 1 aromatic heterocycles. The number of halogens is 1. The van der Waals surface area contributed by atoms with Crippen molar-refractivity contribution in [2.24, 2.45) is 5.41 Å². The van der Waals surface area contributed by atoms with Crippen molar-refractivity contribution in [2.45, 2.75) is 44.6 Å². The Balaban J connectivity index is 1.56. The van der Waals surface area contributed by atoms with Gasteiger partial charge < -0.3 is 5.32 Å². The fourth-order valence-electron chi connectivity index (χ4n) is 3.69. The normalized spacial score (nSPS) is 23.4. The summed E-state index contributed by atoms with van der Waals surface area (Å²) in [6, 6.07) is 2.74. The van der Waals surface area contributed by atoms with E-state index in [1.54, 1.807) is 0 Å². The van der Waals surface area contributed by atoms with Crippen LogP contribution in [0.4, 0.5) is 4.39 Å². The summed E-state index contributed by atoms with van der Waals surface area (Å²) >= 11 is 0. The summed E-state index contributed by atoms with van der Waals surface area (Å²) in [7, 11) is 0. The van der Waals surface area contributed by atoms with Gasteiger partial charge in [0.05, 0.1) is 5.56 Å². The summed E-state index contributed by atoms with van der Waals surface area (Å²) < 4.78 is 13.6. The van der Waals surface area contributed by atoms with Crippen LogP contribution in [0.5, 0.6) is 0 Å². The fraction of sp³-hybridized carbons (Fsp3) is 0.533. The predicted molar refractivity (Wildman–Crippen MR) is 75.2 cm³/mol. The van der Waals surface area contributed by atoms with Gasteiger partial charge in [-0.3, -0.25) is 4.79 Å². The van der Waals surface area contributed by atoms with E-state index in [-0.39, 0.29) is 17.5 Å². The summed E-state index contributed by atoms with van der Waals surface area (Å²) in [5, 5.41) is 13.3. The van der Waals surface area contributed by atoms with Crippen LogP contribution in [0.15, 0.2) is 12.1 Å². The molecule has 5 nitrogen and oxygen atoms in total. The van der Waals surface area contributed by atoms with E-state index in [2.05, 4.69) is 20.7 Å². The van der Waals surface area contributed by atoms with Gasteiger partial charge in [0.15, 0.2) is 0 Å². The number of aromatic amines is 1. The van der Waals surface area contributed by atoms with E-state index in [0.717, 1.165) is 6.42 Å². The zero-order chi connectivity index (χ0) is 14.4. The van der Waals surface area contributed by atoms with Gasteiger partial charge in [0.2, 0.25) is 0 Å². The SMILES string of the molecule is O=C(NC1CC12CCCCC2)c1cc(F)cc2n[nH]nc12. The van der Waals surface area contributed by atoms with Gasteiger partial charge >= 0.3 is 0 Å². The zero-order valence-corrected chi connectivity index (χ0v) is 11.7. The molecule has 2 N–H and O–H groups in total. The van der Waals surface area contributed by atoms with Gasteiger partial charge in [-0.15, -0.1) is 0 Å². The van der Waals surface area contributed by atoms with Crippen molar-refractivity contribution < 1.29 is 9.18 Å². The van der Waals surface area contributed by atoms with Crippen LogP contribution in [0.25, 0.3) is 11.0 Å². The molecule has 1 aromatic carbocycles. The summed E-state index contributed by atoms with van der Waals surface area (Å²) in [6.07, 6.45) is 7.24. The average molecular weight is 288 g/mol. The first-order valence-corrected chi connectivity index (χ1v) is 7.49. The van der Waals surface area contributed by atoms with E-state index in [1.165, 1.54) is 44.2 Å². The smallest absolute Gasteiger partial charge is 0.253 e. The molecule has 1 heterocycles. The first-order chi connectivity index (χ1) is 10.2. The van der Waals surface area contributed by atoms with Crippen LogP contribution in [-0.2, 0) is 0 Å². The maximum atomic E-state index is 13.6. The van der Waals surface area contributed by atoms with E-state index < -0.39 is 5.82 Å². The molecule has 0 aliphatic heterocycles. The molecule has 6 heteroatoms. The molecule has 2 saturated carbocycles. The number of nitrogens with one attached hydrogen (secondary N) is 2. The molecule has 4 rings (SSSR count). The number of carbonyl (C=O) groups excluding carboxylic acids is 1. The van der Waals surface area contributed by atoms with Gasteiger partial charge in [0.1, 0.15) is 16.9 Å². The Morgan fingerprint density at radius 1 is 1.29 bits per heavy atom. The number of aromatic nitrogens is 3. The van der Waals surface area contributed by atoms with Crippen molar-refractivity contribution in [3.8, 4) is 0 Å². The van der Waals surface area contributed by atoms with Crippen molar-refractivity contribution in [1.82, 2.24) is 20.7 Å². The number of amides is 1. The van der Waals surface area contributed by atoms with Crippen LogP contribution >= 0.6 is 0 Å². The van der Waals surface area contributed by atoms with Gasteiger partial charge in [-0.2, -0.15) is 15.4 Å². The third-order valence-electron chi connectivity index (χ3n) is 4.98. The lowest BCUT2D eigenvalue weighted by molar-refractivity contribution is 0.0943. The highest BCUT2D eigenvalue weighted by Gasteiger charge is 2.54. The van der Waals surface area contributed by atoms with Crippen molar-refractivity contribution >= 4 is 16.9 Å². The Morgan fingerprint density at radius 3 is 2.90 bits per heavy atom. The monoisotopic (exact) mass is 288 g/mol. The Labute approximate surface area is 121 Å². The molecule has 0 bridgehead atoms. The number of rotatable bonds is 2. The topological polar surface area (TPSA) is 70.7 Å². The maximum absolute atomic E-state index is 13.6. The number of nitrogens with zero attached hydrogens (tertiary/aromatic N) is 2. The Kier molecular flexibility index (Phi) is 2.74. The highest BCUT2D eigenvalue weighted by atomic mass is 19.1. The largest absolute Gasteiger partial charge is 0.349 e. The molecule has 2 fully saturated rings. The van der Waals surface area contributed by atoms with Crippen LogP contribution < -0.4 is 5.32 Å². The van der Waals surface area contributed by atoms with Crippen LogP contribution in [0.3, 0.4) is 0 Å². The first-order valence-electron chi connectivity index (χ1n) is 7.49. The Bertz CT molecular complexity index is 705. The number of fused-ring (bicyclic) bond motifs is 1. The first kappa shape index (κ1) is 12.7. The molecule has 2 aromatic rings. The average Bonchev–Trinajstić information content (AvgIpc) is 2.92. The third-order valence-corrected chi connectivity index (χ3v) is 4.98. The molecule has 1 spiro atoms. The van der Waals surface area contributed by atoms with Crippen molar-refractivity contribution in [3.05, 3.63) is 23.5 Å². The lowest BCUT2D eigenvalue weighted by atomic mass is 9.86. The quantitative estimate of drug-likeness (QED) is 0.892. The molecule has 2 aliphatic rings. The minimum Gasteiger partial charge on any atom is -0.349 e. The van der Waals surface area contributed by atoms with Gasteiger partial charge in [0, 0.05) is 12.1 Å². The summed E-state index contributed by atoms with van der Waals surface area (Å²) in [4.78, 5) is 12.4. The highest BCUT2D eigenvalue weighted by molar-refractivity contribution is 6.04. The number of benzene rings is 1. The van der Waals surface area contributed by atoms with E-state index in [0.29, 0.717) is 16.4 Å². The van der Waals surface area contributed by atoms with E-state index in [4.69, 9.17) is 0 Å². The molecular formula is C15H17FN4O. The number of hydrogen-bond acceptors (Lipinski definition) is 3. The van der Waals surface area contributed by atoms with Crippen LogP contribution in [0.1, 0.15) is 48.9 Å². The predicted octanol–water partition coefficient (Wildman–Crippen LogP) is 2.55. The lowest BCUT2D eigenvalue weighted by Crippen LogP contribution is -2.30. The molecule has 21 heavy (non-hydrogen) atoms. The van der Waals surface area contributed by atoms with Crippen molar-refractivity contribution in [2.75, 3.05) is 0 Å². The minimum absolute atomic E-state index is 0.232. The summed E-state index contributed by atoms with van der Waals surface area (Å²) in [6.45, 7) is 0. The molecular weight excluding hydrogens is 271 g/mol. The van der Waals surface area contributed by atoms with Crippen LogP contribution in [0.2, 0.25) is 0 Å². The maximum Gasteiger partial charge on any atom is 0.253 e. The fourth-order valence-corrected chi connectivity index (χ4v) is 3.69. The van der Waals surface area contributed by atoms with E-state index in [9.17, 15) is 9.18 Å². The van der Waals surface area contributed by atoms with Crippen molar-refractivity contribution in [1.29, 1.82) is 0 Å².